The van der Waals surface area contributed by atoms with Crippen LogP contribution in [0, 0.1) is 0 Å². The molecular weight excluding hydrogens is 350 g/mol. The van der Waals surface area contributed by atoms with Gasteiger partial charge in [0.2, 0.25) is 5.89 Å². The van der Waals surface area contributed by atoms with Crippen LogP contribution in [-0.4, -0.2) is 27.2 Å². The normalized spacial score (nSPS) is 16.5. The summed E-state index contributed by atoms with van der Waals surface area (Å²) >= 11 is 0. The third-order valence-electron chi connectivity index (χ3n) is 5.77. The van der Waals surface area contributed by atoms with Crippen molar-refractivity contribution in [2.24, 2.45) is 0 Å². The molecule has 2 N–H and O–H groups in total. The van der Waals surface area contributed by atoms with Crippen molar-refractivity contribution in [3.8, 4) is 11.5 Å². The largest absolute Gasteiger partial charge is 0.445 e. The fourth-order valence-electron chi connectivity index (χ4n) is 4.50. The molecule has 4 aromatic rings. The highest BCUT2D eigenvalue weighted by Gasteiger charge is 2.25. The molecule has 1 unspecified atom stereocenters. The van der Waals surface area contributed by atoms with Crippen molar-refractivity contribution < 1.29 is 9.52 Å². The second-order valence-corrected chi connectivity index (χ2v) is 7.91. The number of hydrogen-bond acceptors (Lipinski definition) is 4. The number of benzene rings is 2. The summed E-state index contributed by atoms with van der Waals surface area (Å²) in [5, 5.41) is 16.4. The number of fused-ring (bicyclic) bond motifs is 5. The number of aliphatic hydroxyl groups is 1. The third-order valence-corrected chi connectivity index (χ3v) is 5.77. The molecule has 1 atom stereocenters. The number of rotatable bonds is 5. The van der Waals surface area contributed by atoms with E-state index in [1.54, 1.807) is 12.5 Å². The lowest BCUT2D eigenvalue weighted by molar-refractivity contribution is 0.180. The lowest BCUT2D eigenvalue weighted by Gasteiger charge is -2.12. The van der Waals surface area contributed by atoms with Crippen molar-refractivity contribution in [1.29, 1.82) is 0 Å². The number of aryl methyl sites for hydroxylation is 1. The van der Waals surface area contributed by atoms with E-state index in [-0.39, 0.29) is 6.10 Å². The lowest BCUT2D eigenvalue weighted by Crippen LogP contribution is -2.26. The maximum atomic E-state index is 10.4. The van der Waals surface area contributed by atoms with Crippen molar-refractivity contribution in [2.75, 3.05) is 6.54 Å². The van der Waals surface area contributed by atoms with Crippen LogP contribution >= 0.6 is 0 Å². The van der Waals surface area contributed by atoms with E-state index >= 15 is 0 Å². The van der Waals surface area contributed by atoms with E-state index in [4.69, 9.17) is 4.42 Å². The Kier molecular flexibility index (Phi) is 4.22. The van der Waals surface area contributed by atoms with E-state index < -0.39 is 0 Å². The third kappa shape index (κ3) is 2.74. The Morgan fingerprint density at radius 2 is 2.11 bits per heavy atom. The minimum absolute atomic E-state index is 0.352. The van der Waals surface area contributed by atoms with Crippen LogP contribution in [-0.2, 0) is 13.0 Å². The minimum atomic E-state index is -0.352. The van der Waals surface area contributed by atoms with E-state index in [1.165, 1.54) is 27.4 Å². The van der Waals surface area contributed by atoms with Gasteiger partial charge in [-0.3, -0.25) is 0 Å². The molecule has 5 rings (SSSR count). The molecule has 0 fully saturated rings. The van der Waals surface area contributed by atoms with E-state index in [2.05, 4.69) is 59.0 Å². The van der Waals surface area contributed by atoms with Crippen molar-refractivity contribution in [3.63, 3.8) is 0 Å². The SMILES string of the molecule is CC(C)NCCn1c2ccc(-c3ncco3)cc2c2c3c(ccc21)C(O)CC3. The van der Waals surface area contributed by atoms with Gasteiger partial charge in [0.05, 0.1) is 12.3 Å². The van der Waals surface area contributed by atoms with Crippen LogP contribution in [0.4, 0.5) is 0 Å². The van der Waals surface area contributed by atoms with Gasteiger partial charge in [0.1, 0.15) is 6.26 Å². The van der Waals surface area contributed by atoms with Crippen LogP contribution in [0.15, 0.2) is 47.2 Å². The molecule has 1 aliphatic carbocycles. The number of aromatic nitrogens is 2. The number of hydrogen-bond donors (Lipinski definition) is 2. The van der Waals surface area contributed by atoms with Crippen LogP contribution in [0.2, 0.25) is 0 Å². The van der Waals surface area contributed by atoms with Crippen molar-refractivity contribution in [2.45, 2.75) is 45.4 Å². The molecule has 28 heavy (non-hydrogen) atoms. The fraction of sp³-hybridized carbons (Fsp3) is 0.348. The van der Waals surface area contributed by atoms with Gasteiger partial charge < -0.3 is 19.4 Å². The zero-order valence-electron chi connectivity index (χ0n) is 16.3. The van der Waals surface area contributed by atoms with E-state index in [0.717, 1.165) is 37.1 Å². The van der Waals surface area contributed by atoms with Crippen LogP contribution in [0.25, 0.3) is 33.3 Å². The van der Waals surface area contributed by atoms with Crippen molar-refractivity contribution in [1.82, 2.24) is 14.9 Å². The fourth-order valence-corrected chi connectivity index (χ4v) is 4.50. The molecular formula is C23H25N3O2. The van der Waals surface area contributed by atoms with Gasteiger partial charge in [-0.05, 0) is 48.2 Å². The number of oxazole rings is 1. The number of nitrogens with zero attached hydrogens (tertiary/aromatic N) is 2. The van der Waals surface area contributed by atoms with Crippen LogP contribution in [0.5, 0.6) is 0 Å². The molecule has 2 aromatic heterocycles. The van der Waals surface area contributed by atoms with E-state index in [0.29, 0.717) is 11.9 Å². The monoisotopic (exact) mass is 375 g/mol. The predicted molar refractivity (Wildman–Crippen MR) is 111 cm³/mol. The molecule has 1 aliphatic rings. The average molecular weight is 375 g/mol. The Morgan fingerprint density at radius 1 is 1.25 bits per heavy atom. The first kappa shape index (κ1) is 17.5. The van der Waals surface area contributed by atoms with Gasteiger partial charge in [-0.1, -0.05) is 19.9 Å². The first-order valence-electron chi connectivity index (χ1n) is 10.0. The Balaban J connectivity index is 1.74. The molecule has 2 heterocycles. The van der Waals surface area contributed by atoms with Crippen molar-refractivity contribution >= 4 is 21.8 Å². The van der Waals surface area contributed by atoms with Gasteiger partial charge in [0.15, 0.2) is 0 Å². The maximum Gasteiger partial charge on any atom is 0.225 e. The molecule has 144 valence electrons. The summed E-state index contributed by atoms with van der Waals surface area (Å²) in [7, 11) is 0. The number of nitrogens with one attached hydrogen (secondary N) is 1. The Morgan fingerprint density at radius 3 is 2.89 bits per heavy atom. The Labute approximate surface area is 164 Å². The summed E-state index contributed by atoms with van der Waals surface area (Å²) in [6.07, 6.45) is 4.65. The Bertz CT molecular complexity index is 1140. The highest BCUT2D eigenvalue weighted by atomic mass is 16.3. The molecule has 0 radical (unpaired) electrons. The number of aliphatic hydroxyl groups excluding tert-OH is 1. The molecule has 0 saturated carbocycles. The minimum Gasteiger partial charge on any atom is -0.445 e. The zero-order valence-corrected chi connectivity index (χ0v) is 16.3. The van der Waals surface area contributed by atoms with Crippen molar-refractivity contribution in [3.05, 3.63) is 53.9 Å². The van der Waals surface area contributed by atoms with Crippen LogP contribution in [0.3, 0.4) is 0 Å². The van der Waals surface area contributed by atoms with Gasteiger partial charge in [0, 0.05) is 46.5 Å². The molecule has 0 spiro atoms. The Hall–Kier alpha value is -2.63. The topological polar surface area (TPSA) is 63.2 Å². The van der Waals surface area contributed by atoms with Crippen LogP contribution < -0.4 is 5.32 Å². The molecule has 0 amide bonds. The van der Waals surface area contributed by atoms with Crippen LogP contribution in [0.1, 0.15) is 37.5 Å². The van der Waals surface area contributed by atoms with E-state index in [9.17, 15) is 5.11 Å². The first-order chi connectivity index (χ1) is 13.6. The second-order valence-electron chi connectivity index (χ2n) is 7.91. The average Bonchev–Trinajstić information content (AvgIpc) is 3.40. The second kappa shape index (κ2) is 6.76. The van der Waals surface area contributed by atoms with Gasteiger partial charge in [0.25, 0.3) is 0 Å². The summed E-state index contributed by atoms with van der Waals surface area (Å²) in [5.74, 6) is 0.636. The molecule has 5 heteroatoms. The lowest BCUT2D eigenvalue weighted by atomic mass is 10.0. The highest BCUT2D eigenvalue weighted by Crippen LogP contribution is 2.41. The molecule has 0 saturated heterocycles. The molecule has 5 nitrogen and oxygen atoms in total. The molecule has 0 aliphatic heterocycles. The standard InChI is InChI=1S/C23H25N3O2/c1-14(2)24-9-11-26-19-6-3-15(23-25-10-12-28-23)13-18(19)22-17-5-8-21(27)16(17)4-7-20(22)26/h3-4,6-7,10,12-14,21,24,27H,5,8-9,11H2,1-2H3. The smallest absolute Gasteiger partial charge is 0.225 e. The summed E-state index contributed by atoms with van der Waals surface area (Å²) in [6.45, 7) is 6.15. The highest BCUT2D eigenvalue weighted by molar-refractivity contribution is 6.11. The van der Waals surface area contributed by atoms with Gasteiger partial charge in [-0.2, -0.15) is 0 Å². The van der Waals surface area contributed by atoms with Gasteiger partial charge in [-0.25, -0.2) is 4.98 Å². The van der Waals surface area contributed by atoms with E-state index in [1.807, 2.05) is 0 Å². The maximum absolute atomic E-state index is 10.4. The van der Waals surface area contributed by atoms with Gasteiger partial charge >= 0.3 is 0 Å². The summed E-state index contributed by atoms with van der Waals surface area (Å²) in [5.41, 5.74) is 5.79. The first-order valence-corrected chi connectivity index (χ1v) is 10.0. The summed E-state index contributed by atoms with van der Waals surface area (Å²) in [6, 6.07) is 11.2. The van der Waals surface area contributed by atoms with Gasteiger partial charge in [-0.15, -0.1) is 0 Å². The zero-order chi connectivity index (χ0) is 19.3. The quantitative estimate of drug-likeness (QED) is 0.542. The summed E-state index contributed by atoms with van der Waals surface area (Å²) < 4.78 is 7.91. The molecule has 0 bridgehead atoms. The molecule has 2 aromatic carbocycles. The summed E-state index contributed by atoms with van der Waals surface area (Å²) in [4.78, 5) is 4.31. The predicted octanol–water partition coefficient (Wildman–Crippen LogP) is 4.43.